The molecule has 4 rings (SSSR count). The molecule has 0 bridgehead atoms. The Bertz CT molecular complexity index is 692. The van der Waals surface area contributed by atoms with Gasteiger partial charge in [-0.1, -0.05) is 15.9 Å². The zero-order valence-corrected chi connectivity index (χ0v) is 14.0. The lowest BCUT2D eigenvalue weighted by molar-refractivity contribution is 0.202. The molecule has 1 N–H and O–H groups in total. The average Bonchev–Trinajstić information content (AvgIpc) is 2.75. The molecule has 1 aromatic heterocycles. The zero-order chi connectivity index (χ0) is 15.1. The van der Waals surface area contributed by atoms with Gasteiger partial charge in [0.15, 0.2) is 0 Å². The van der Waals surface area contributed by atoms with Crippen molar-refractivity contribution in [1.29, 1.82) is 0 Å². The molecular formula is C16H20BrN3O2. The van der Waals surface area contributed by atoms with E-state index in [2.05, 4.69) is 31.5 Å². The number of aliphatic hydroxyl groups is 1. The van der Waals surface area contributed by atoms with E-state index in [1.165, 1.54) is 0 Å². The predicted octanol–water partition coefficient (Wildman–Crippen LogP) is 2.79. The predicted molar refractivity (Wildman–Crippen MR) is 89.6 cm³/mol. The highest BCUT2D eigenvalue weighted by atomic mass is 79.9. The fourth-order valence-electron chi connectivity index (χ4n) is 3.47. The molecule has 0 aliphatic carbocycles. The van der Waals surface area contributed by atoms with Crippen LogP contribution < -0.4 is 9.64 Å². The van der Waals surface area contributed by atoms with Crippen LogP contribution in [0.25, 0.3) is 11.0 Å². The molecule has 2 aliphatic heterocycles. The molecule has 2 aromatic rings. The molecule has 1 fully saturated rings. The Hall–Kier alpha value is -1.27. The Balaban J connectivity index is 1.76. The molecular weight excluding hydrogens is 346 g/mol. The normalized spacial score (nSPS) is 19.3. The summed E-state index contributed by atoms with van der Waals surface area (Å²) in [5, 5.41) is 9.32. The number of aliphatic hydroxyl groups excluding tert-OH is 1. The fraction of sp³-hybridized carbons (Fsp3) is 0.562. The van der Waals surface area contributed by atoms with E-state index in [1.54, 1.807) is 0 Å². The molecule has 2 aliphatic rings. The third kappa shape index (κ3) is 2.38. The minimum atomic E-state index is 0.301. The van der Waals surface area contributed by atoms with Gasteiger partial charge in [-0.05, 0) is 37.3 Å². The van der Waals surface area contributed by atoms with Crippen LogP contribution in [-0.2, 0) is 6.54 Å². The molecule has 3 heterocycles. The summed E-state index contributed by atoms with van der Waals surface area (Å²) in [6, 6.07) is 4.10. The molecule has 0 spiro atoms. The first-order chi connectivity index (χ1) is 10.8. The summed E-state index contributed by atoms with van der Waals surface area (Å²) in [6.07, 6.45) is 3.07. The molecule has 6 heteroatoms. The first-order valence-corrected chi connectivity index (χ1v) is 8.74. The molecule has 1 aromatic carbocycles. The number of halogens is 1. The average molecular weight is 366 g/mol. The minimum absolute atomic E-state index is 0.301. The SMILES string of the molecule is OCC1CCN(c2nc3cc(Br)cc4c3n2CCCO4)CC1. The monoisotopic (exact) mass is 365 g/mol. The highest BCUT2D eigenvalue weighted by molar-refractivity contribution is 9.10. The summed E-state index contributed by atoms with van der Waals surface area (Å²) in [6.45, 7) is 3.92. The van der Waals surface area contributed by atoms with Crippen LogP contribution >= 0.6 is 15.9 Å². The Morgan fingerprint density at radius 3 is 2.86 bits per heavy atom. The number of piperidine rings is 1. The molecule has 0 unspecified atom stereocenters. The number of imidazole rings is 1. The highest BCUT2D eigenvalue weighted by Crippen LogP contribution is 2.36. The van der Waals surface area contributed by atoms with Gasteiger partial charge in [0.2, 0.25) is 5.95 Å². The van der Waals surface area contributed by atoms with Crippen LogP contribution in [0, 0.1) is 5.92 Å². The van der Waals surface area contributed by atoms with Gasteiger partial charge in [-0.2, -0.15) is 0 Å². The molecule has 0 saturated carbocycles. The van der Waals surface area contributed by atoms with Crippen molar-refractivity contribution in [2.45, 2.75) is 25.8 Å². The fourth-order valence-corrected chi connectivity index (χ4v) is 3.89. The maximum Gasteiger partial charge on any atom is 0.206 e. The number of ether oxygens (including phenoxy) is 1. The number of rotatable bonds is 2. The van der Waals surface area contributed by atoms with Gasteiger partial charge in [-0.25, -0.2) is 4.98 Å². The van der Waals surface area contributed by atoms with E-state index in [-0.39, 0.29) is 0 Å². The summed E-state index contributed by atoms with van der Waals surface area (Å²) in [5.41, 5.74) is 2.10. The molecule has 0 radical (unpaired) electrons. The first-order valence-electron chi connectivity index (χ1n) is 7.94. The van der Waals surface area contributed by atoms with Gasteiger partial charge in [0.1, 0.15) is 11.3 Å². The van der Waals surface area contributed by atoms with Crippen LogP contribution in [0.5, 0.6) is 5.75 Å². The van der Waals surface area contributed by atoms with E-state index >= 15 is 0 Å². The lowest BCUT2D eigenvalue weighted by atomic mass is 9.98. The van der Waals surface area contributed by atoms with E-state index in [0.29, 0.717) is 12.5 Å². The van der Waals surface area contributed by atoms with Gasteiger partial charge < -0.3 is 19.3 Å². The van der Waals surface area contributed by atoms with Crippen LogP contribution in [0.3, 0.4) is 0 Å². The second-order valence-electron chi connectivity index (χ2n) is 6.15. The van der Waals surface area contributed by atoms with Crippen molar-refractivity contribution in [1.82, 2.24) is 9.55 Å². The van der Waals surface area contributed by atoms with Gasteiger partial charge in [-0.3, -0.25) is 0 Å². The van der Waals surface area contributed by atoms with Crippen molar-refractivity contribution in [3.8, 4) is 5.75 Å². The lowest BCUT2D eigenvalue weighted by Gasteiger charge is -2.32. The summed E-state index contributed by atoms with van der Waals surface area (Å²) < 4.78 is 9.21. The number of nitrogens with zero attached hydrogens (tertiary/aromatic N) is 3. The van der Waals surface area contributed by atoms with Gasteiger partial charge in [-0.15, -0.1) is 0 Å². The van der Waals surface area contributed by atoms with E-state index in [0.717, 1.165) is 72.7 Å². The largest absolute Gasteiger partial charge is 0.491 e. The van der Waals surface area contributed by atoms with Crippen LogP contribution in [0.15, 0.2) is 16.6 Å². The van der Waals surface area contributed by atoms with Crippen molar-refractivity contribution in [3.05, 3.63) is 16.6 Å². The Labute approximate surface area is 138 Å². The number of aryl methyl sites for hydroxylation is 1. The standard InChI is InChI=1S/C16H20BrN3O2/c17-12-8-13-15-14(9-12)22-7-1-4-20(15)16(18-13)19-5-2-11(10-21)3-6-19/h8-9,11,21H,1-7,10H2. The molecule has 0 amide bonds. The van der Waals surface area contributed by atoms with Crippen molar-refractivity contribution in [2.75, 3.05) is 31.2 Å². The molecule has 5 nitrogen and oxygen atoms in total. The second-order valence-corrected chi connectivity index (χ2v) is 7.07. The second kappa shape index (κ2) is 5.74. The number of benzene rings is 1. The molecule has 118 valence electrons. The van der Waals surface area contributed by atoms with Crippen LogP contribution in [0.4, 0.5) is 5.95 Å². The maximum atomic E-state index is 9.32. The van der Waals surface area contributed by atoms with E-state index < -0.39 is 0 Å². The van der Waals surface area contributed by atoms with E-state index in [4.69, 9.17) is 9.72 Å². The lowest BCUT2D eigenvalue weighted by Crippen LogP contribution is -2.36. The third-order valence-corrected chi connectivity index (χ3v) is 5.15. The number of hydrogen-bond donors (Lipinski definition) is 1. The zero-order valence-electron chi connectivity index (χ0n) is 12.5. The van der Waals surface area contributed by atoms with Crippen LogP contribution in [-0.4, -0.2) is 41.0 Å². The topological polar surface area (TPSA) is 50.5 Å². The third-order valence-electron chi connectivity index (χ3n) is 4.69. The van der Waals surface area contributed by atoms with Crippen LogP contribution in [0.1, 0.15) is 19.3 Å². The molecule has 0 atom stereocenters. The Kier molecular flexibility index (Phi) is 3.74. The maximum absolute atomic E-state index is 9.32. The Morgan fingerprint density at radius 1 is 1.27 bits per heavy atom. The van der Waals surface area contributed by atoms with Crippen molar-refractivity contribution < 1.29 is 9.84 Å². The van der Waals surface area contributed by atoms with E-state index in [1.807, 2.05) is 6.07 Å². The van der Waals surface area contributed by atoms with Gasteiger partial charge >= 0.3 is 0 Å². The van der Waals surface area contributed by atoms with Gasteiger partial charge in [0.05, 0.1) is 12.1 Å². The number of hydrogen-bond acceptors (Lipinski definition) is 4. The summed E-state index contributed by atoms with van der Waals surface area (Å²) in [7, 11) is 0. The van der Waals surface area contributed by atoms with Crippen LogP contribution in [0.2, 0.25) is 0 Å². The number of aromatic nitrogens is 2. The summed E-state index contributed by atoms with van der Waals surface area (Å²) in [4.78, 5) is 7.23. The number of anilines is 1. The molecule has 22 heavy (non-hydrogen) atoms. The summed E-state index contributed by atoms with van der Waals surface area (Å²) in [5.74, 6) is 2.42. The first kappa shape index (κ1) is 14.3. The van der Waals surface area contributed by atoms with Gasteiger partial charge in [0.25, 0.3) is 0 Å². The van der Waals surface area contributed by atoms with Gasteiger partial charge in [0, 0.05) is 30.7 Å². The highest BCUT2D eigenvalue weighted by Gasteiger charge is 2.25. The van der Waals surface area contributed by atoms with Crippen molar-refractivity contribution in [2.24, 2.45) is 5.92 Å². The van der Waals surface area contributed by atoms with Crippen molar-refractivity contribution >= 4 is 32.9 Å². The summed E-state index contributed by atoms with van der Waals surface area (Å²) >= 11 is 3.55. The smallest absolute Gasteiger partial charge is 0.206 e. The quantitative estimate of drug-likeness (QED) is 0.888. The minimum Gasteiger partial charge on any atom is -0.491 e. The Morgan fingerprint density at radius 2 is 2.09 bits per heavy atom. The van der Waals surface area contributed by atoms with Crippen molar-refractivity contribution in [3.63, 3.8) is 0 Å². The molecule has 1 saturated heterocycles. The van der Waals surface area contributed by atoms with E-state index in [9.17, 15) is 5.11 Å².